The van der Waals surface area contributed by atoms with Gasteiger partial charge in [0.25, 0.3) is 5.91 Å². The molecule has 2 heterocycles. The molecule has 0 radical (unpaired) electrons. The van der Waals surface area contributed by atoms with Crippen LogP contribution in [-0.4, -0.2) is 21.8 Å². The largest absolute Gasteiger partial charge is 0.489 e. The van der Waals surface area contributed by atoms with Gasteiger partial charge in [-0.25, -0.2) is 0 Å². The summed E-state index contributed by atoms with van der Waals surface area (Å²) in [7, 11) is 0. The van der Waals surface area contributed by atoms with Crippen molar-refractivity contribution in [2.45, 2.75) is 52.3 Å². The number of carbonyl (C=O) groups is 1. The fourth-order valence-corrected chi connectivity index (χ4v) is 3.19. The summed E-state index contributed by atoms with van der Waals surface area (Å²) in [6.07, 6.45) is 5.20. The summed E-state index contributed by atoms with van der Waals surface area (Å²) >= 11 is 6.32. The van der Waals surface area contributed by atoms with Crippen LogP contribution >= 0.6 is 11.6 Å². The summed E-state index contributed by atoms with van der Waals surface area (Å²) in [6.45, 7) is 5.27. The van der Waals surface area contributed by atoms with Crippen molar-refractivity contribution < 1.29 is 9.53 Å². The Morgan fingerprint density at radius 3 is 3.04 bits per heavy atom. The molecule has 128 valence electrons. The molecule has 1 aromatic heterocycles. The zero-order valence-corrected chi connectivity index (χ0v) is 14.8. The summed E-state index contributed by atoms with van der Waals surface area (Å²) in [5.41, 5.74) is 2.73. The van der Waals surface area contributed by atoms with Crippen LogP contribution in [0.15, 0.2) is 24.4 Å². The van der Waals surface area contributed by atoms with Crippen molar-refractivity contribution >= 4 is 17.5 Å². The molecule has 0 atom stereocenters. The van der Waals surface area contributed by atoms with Crippen molar-refractivity contribution in [2.75, 3.05) is 0 Å². The number of fused-ring (bicyclic) bond motifs is 1. The molecule has 5 nitrogen and oxygen atoms in total. The molecule has 0 spiro atoms. The van der Waals surface area contributed by atoms with Gasteiger partial charge >= 0.3 is 0 Å². The predicted octanol–water partition coefficient (Wildman–Crippen LogP) is 3.59. The van der Waals surface area contributed by atoms with Crippen LogP contribution in [0.2, 0.25) is 5.02 Å². The zero-order valence-electron chi connectivity index (χ0n) is 14.0. The highest BCUT2D eigenvalue weighted by molar-refractivity contribution is 6.35. The van der Waals surface area contributed by atoms with Crippen LogP contribution in [0.1, 0.15) is 48.3 Å². The van der Waals surface area contributed by atoms with Crippen molar-refractivity contribution in [3.8, 4) is 5.75 Å². The minimum absolute atomic E-state index is 0.000230. The standard InChI is InChI=1S/C18H22ClN3O2/c1-12(2)24-16-8-5-6-14(17(16)19)18(23)20-10-13-11-21-22-9-4-3-7-15(13)22/h5-6,8,11-12H,3-4,7,9-10H2,1-2H3,(H,20,23). The third kappa shape index (κ3) is 3.56. The highest BCUT2D eigenvalue weighted by atomic mass is 35.5. The number of amides is 1. The van der Waals surface area contributed by atoms with E-state index in [1.807, 2.05) is 24.7 Å². The molecular formula is C18H22ClN3O2. The van der Waals surface area contributed by atoms with Crippen molar-refractivity contribution in [1.82, 2.24) is 15.1 Å². The van der Waals surface area contributed by atoms with Gasteiger partial charge in [-0.1, -0.05) is 17.7 Å². The number of aryl methyl sites for hydroxylation is 1. The Morgan fingerprint density at radius 1 is 1.42 bits per heavy atom. The van der Waals surface area contributed by atoms with Crippen molar-refractivity contribution in [2.24, 2.45) is 0 Å². The third-order valence-electron chi connectivity index (χ3n) is 4.08. The first-order chi connectivity index (χ1) is 11.6. The number of halogens is 1. The predicted molar refractivity (Wildman–Crippen MR) is 93.6 cm³/mol. The normalized spacial score (nSPS) is 13.7. The molecule has 1 amide bonds. The van der Waals surface area contributed by atoms with E-state index in [4.69, 9.17) is 16.3 Å². The maximum Gasteiger partial charge on any atom is 0.253 e. The zero-order chi connectivity index (χ0) is 17.1. The van der Waals surface area contributed by atoms with Crippen LogP contribution in [0.4, 0.5) is 0 Å². The highest BCUT2D eigenvalue weighted by Gasteiger charge is 2.18. The van der Waals surface area contributed by atoms with Crippen LogP contribution in [-0.2, 0) is 19.5 Å². The van der Waals surface area contributed by atoms with E-state index in [0.29, 0.717) is 22.9 Å². The van der Waals surface area contributed by atoms with E-state index >= 15 is 0 Å². The molecule has 1 aliphatic heterocycles. The van der Waals surface area contributed by atoms with Crippen molar-refractivity contribution in [3.63, 3.8) is 0 Å². The summed E-state index contributed by atoms with van der Waals surface area (Å²) in [5, 5.41) is 7.68. The van der Waals surface area contributed by atoms with Gasteiger partial charge in [0.2, 0.25) is 0 Å². The molecule has 1 N–H and O–H groups in total. The van der Waals surface area contributed by atoms with Crippen LogP contribution < -0.4 is 10.1 Å². The number of hydrogen-bond acceptors (Lipinski definition) is 3. The molecule has 1 aromatic carbocycles. The monoisotopic (exact) mass is 347 g/mol. The lowest BCUT2D eigenvalue weighted by Gasteiger charge is -2.15. The maximum atomic E-state index is 12.5. The second kappa shape index (κ2) is 7.26. The quantitative estimate of drug-likeness (QED) is 0.899. The summed E-state index contributed by atoms with van der Waals surface area (Å²) in [5.74, 6) is 0.326. The second-order valence-electron chi connectivity index (χ2n) is 6.26. The molecule has 6 heteroatoms. The minimum Gasteiger partial charge on any atom is -0.489 e. The smallest absolute Gasteiger partial charge is 0.253 e. The number of benzene rings is 1. The molecule has 0 saturated heterocycles. The lowest BCUT2D eigenvalue weighted by Crippen LogP contribution is -2.24. The SMILES string of the molecule is CC(C)Oc1cccc(C(=O)NCc2cnn3c2CCCC3)c1Cl. The first-order valence-electron chi connectivity index (χ1n) is 8.33. The molecule has 24 heavy (non-hydrogen) atoms. The van der Waals surface area contributed by atoms with Gasteiger partial charge in [-0.3, -0.25) is 9.48 Å². The van der Waals surface area contributed by atoms with E-state index in [0.717, 1.165) is 18.5 Å². The van der Waals surface area contributed by atoms with Crippen molar-refractivity contribution in [3.05, 3.63) is 46.2 Å². The van der Waals surface area contributed by atoms with Crippen LogP contribution in [0.3, 0.4) is 0 Å². The third-order valence-corrected chi connectivity index (χ3v) is 4.47. The van der Waals surface area contributed by atoms with Gasteiger partial charge in [0.15, 0.2) is 0 Å². The molecular weight excluding hydrogens is 326 g/mol. The Hall–Kier alpha value is -2.01. The topological polar surface area (TPSA) is 56.1 Å². The molecule has 3 rings (SSSR count). The number of nitrogens with zero attached hydrogens (tertiary/aromatic N) is 2. The van der Waals surface area contributed by atoms with Gasteiger partial charge in [-0.2, -0.15) is 5.10 Å². The van der Waals surface area contributed by atoms with Gasteiger partial charge in [-0.15, -0.1) is 0 Å². The molecule has 1 aliphatic rings. The average Bonchev–Trinajstić information content (AvgIpc) is 2.97. The lowest BCUT2D eigenvalue weighted by atomic mass is 10.1. The van der Waals surface area contributed by atoms with Crippen LogP contribution in [0, 0.1) is 0 Å². The number of ether oxygens (including phenoxy) is 1. The number of carbonyl (C=O) groups excluding carboxylic acids is 1. The van der Waals surface area contributed by atoms with E-state index < -0.39 is 0 Å². The number of aromatic nitrogens is 2. The Morgan fingerprint density at radius 2 is 2.25 bits per heavy atom. The fourth-order valence-electron chi connectivity index (χ4n) is 2.94. The van der Waals surface area contributed by atoms with E-state index in [2.05, 4.69) is 10.4 Å². The van der Waals surface area contributed by atoms with Gasteiger partial charge in [0.1, 0.15) is 5.75 Å². The van der Waals surface area contributed by atoms with Gasteiger partial charge in [0.05, 0.1) is 22.9 Å². The first kappa shape index (κ1) is 16.8. The molecule has 0 saturated carbocycles. The van der Waals surface area contributed by atoms with E-state index in [-0.39, 0.29) is 12.0 Å². The van der Waals surface area contributed by atoms with Crippen LogP contribution in [0.5, 0.6) is 5.75 Å². The number of rotatable bonds is 5. The van der Waals surface area contributed by atoms with E-state index in [1.54, 1.807) is 18.2 Å². The minimum atomic E-state index is -0.204. The maximum absolute atomic E-state index is 12.5. The Bertz CT molecular complexity index is 740. The Labute approximate surface area is 147 Å². The first-order valence-corrected chi connectivity index (χ1v) is 8.71. The molecule has 0 fully saturated rings. The Kier molecular flexibility index (Phi) is 5.09. The van der Waals surface area contributed by atoms with Gasteiger partial charge in [-0.05, 0) is 45.2 Å². The number of hydrogen-bond donors (Lipinski definition) is 1. The van der Waals surface area contributed by atoms with Gasteiger partial charge in [0, 0.05) is 24.3 Å². The number of nitrogens with one attached hydrogen (secondary N) is 1. The van der Waals surface area contributed by atoms with Gasteiger partial charge < -0.3 is 10.1 Å². The van der Waals surface area contributed by atoms with E-state index in [9.17, 15) is 4.79 Å². The molecule has 2 aromatic rings. The molecule has 0 unspecified atom stereocenters. The van der Waals surface area contributed by atoms with E-state index in [1.165, 1.54) is 18.5 Å². The highest BCUT2D eigenvalue weighted by Crippen LogP contribution is 2.29. The fraction of sp³-hybridized carbons (Fsp3) is 0.444. The second-order valence-corrected chi connectivity index (χ2v) is 6.64. The van der Waals surface area contributed by atoms with Crippen molar-refractivity contribution in [1.29, 1.82) is 0 Å². The summed E-state index contributed by atoms with van der Waals surface area (Å²) in [4.78, 5) is 12.5. The molecule has 0 aliphatic carbocycles. The summed E-state index contributed by atoms with van der Waals surface area (Å²) < 4.78 is 7.67. The van der Waals surface area contributed by atoms with Crippen LogP contribution in [0.25, 0.3) is 0 Å². The Balaban J connectivity index is 1.70. The lowest BCUT2D eigenvalue weighted by molar-refractivity contribution is 0.0950. The molecule has 0 bridgehead atoms. The average molecular weight is 348 g/mol. The summed E-state index contributed by atoms with van der Waals surface area (Å²) in [6, 6.07) is 5.26.